The van der Waals surface area contributed by atoms with E-state index in [9.17, 15) is 4.79 Å². The molecule has 1 aromatic rings. The van der Waals surface area contributed by atoms with Crippen LogP contribution in [-0.2, 0) is 21.5 Å². The summed E-state index contributed by atoms with van der Waals surface area (Å²) in [5, 5.41) is 0. The molecule has 0 radical (unpaired) electrons. The summed E-state index contributed by atoms with van der Waals surface area (Å²) in [4.78, 5) is 11.5. The predicted molar refractivity (Wildman–Crippen MR) is 68.6 cm³/mol. The molecular formula is C14H21NO2. The van der Waals surface area contributed by atoms with Crippen molar-refractivity contribution in [1.82, 2.24) is 0 Å². The van der Waals surface area contributed by atoms with Gasteiger partial charge in [0.15, 0.2) is 0 Å². The van der Waals surface area contributed by atoms with Crippen LogP contribution in [0.2, 0.25) is 0 Å². The molecule has 0 aliphatic carbocycles. The Balaban J connectivity index is 2.83. The van der Waals surface area contributed by atoms with E-state index < -0.39 is 11.5 Å². The number of hydrogen-bond donors (Lipinski definition) is 1. The molecular weight excluding hydrogens is 214 g/mol. The topological polar surface area (TPSA) is 52.3 Å². The summed E-state index contributed by atoms with van der Waals surface area (Å²) in [6.07, 6.45) is 3.42. The summed E-state index contributed by atoms with van der Waals surface area (Å²) in [6, 6.07) is 7.86. The number of rotatable bonds is 5. The van der Waals surface area contributed by atoms with Gasteiger partial charge in [-0.25, -0.2) is 4.79 Å². The fraction of sp³-hybridized carbons (Fsp3) is 0.500. The first-order valence-electron chi connectivity index (χ1n) is 5.99. The molecule has 0 aliphatic heterocycles. The van der Waals surface area contributed by atoms with Gasteiger partial charge in [0, 0.05) is 0 Å². The van der Waals surface area contributed by atoms with E-state index in [0.717, 1.165) is 12.0 Å². The van der Waals surface area contributed by atoms with Gasteiger partial charge in [-0.1, -0.05) is 37.6 Å². The van der Waals surface area contributed by atoms with Crippen molar-refractivity contribution in [2.45, 2.75) is 38.6 Å². The third-order valence-electron chi connectivity index (χ3n) is 2.98. The fourth-order valence-electron chi connectivity index (χ4n) is 1.73. The lowest BCUT2D eigenvalue weighted by Gasteiger charge is -2.22. The third kappa shape index (κ3) is 3.30. The molecule has 1 rings (SSSR count). The third-order valence-corrected chi connectivity index (χ3v) is 2.98. The number of nitrogens with two attached hydrogens (primary N) is 1. The van der Waals surface area contributed by atoms with Crippen molar-refractivity contribution in [3.8, 4) is 0 Å². The minimum atomic E-state index is -1.07. The second-order valence-electron chi connectivity index (χ2n) is 4.49. The Hall–Kier alpha value is -1.35. The zero-order valence-corrected chi connectivity index (χ0v) is 10.8. The normalized spacial score (nSPS) is 14.1. The Kier molecular flexibility index (Phi) is 4.70. The standard InChI is InChI=1S/C14H21NO2/c1-4-5-6-11-7-9-12(10-8-11)14(2,15)13(16)17-3/h7-10H,4-6,15H2,1-3H3. The molecule has 94 valence electrons. The first-order chi connectivity index (χ1) is 8.02. The maximum Gasteiger partial charge on any atom is 0.330 e. The van der Waals surface area contributed by atoms with Crippen molar-refractivity contribution < 1.29 is 9.53 Å². The van der Waals surface area contributed by atoms with Crippen molar-refractivity contribution in [3.63, 3.8) is 0 Å². The number of unbranched alkanes of at least 4 members (excludes halogenated alkanes) is 1. The summed E-state index contributed by atoms with van der Waals surface area (Å²) < 4.78 is 4.70. The van der Waals surface area contributed by atoms with Crippen LogP contribution >= 0.6 is 0 Å². The SMILES string of the molecule is CCCCc1ccc(C(C)(N)C(=O)OC)cc1. The van der Waals surface area contributed by atoms with Gasteiger partial charge < -0.3 is 10.5 Å². The van der Waals surface area contributed by atoms with Crippen LogP contribution < -0.4 is 5.73 Å². The molecule has 0 saturated heterocycles. The van der Waals surface area contributed by atoms with Gasteiger partial charge in [-0.05, 0) is 30.9 Å². The van der Waals surface area contributed by atoms with Crippen LogP contribution in [0.3, 0.4) is 0 Å². The van der Waals surface area contributed by atoms with Crippen LogP contribution in [0, 0.1) is 0 Å². The van der Waals surface area contributed by atoms with Crippen molar-refractivity contribution in [2.24, 2.45) is 5.73 Å². The summed E-state index contributed by atoms with van der Waals surface area (Å²) >= 11 is 0. The lowest BCUT2D eigenvalue weighted by Crippen LogP contribution is -2.42. The molecule has 0 heterocycles. The molecule has 1 aromatic carbocycles. The summed E-state index contributed by atoms with van der Waals surface area (Å²) in [5.74, 6) is -0.418. The second-order valence-corrected chi connectivity index (χ2v) is 4.49. The molecule has 0 spiro atoms. The minimum Gasteiger partial charge on any atom is -0.467 e. The molecule has 3 nitrogen and oxygen atoms in total. The Bertz CT molecular complexity index is 368. The van der Waals surface area contributed by atoms with Crippen molar-refractivity contribution in [3.05, 3.63) is 35.4 Å². The number of methoxy groups -OCH3 is 1. The Labute approximate surface area is 103 Å². The molecule has 3 heteroatoms. The molecule has 0 saturated carbocycles. The number of ether oxygens (including phenoxy) is 1. The highest BCUT2D eigenvalue weighted by Gasteiger charge is 2.31. The Morgan fingerprint density at radius 2 is 1.94 bits per heavy atom. The van der Waals surface area contributed by atoms with Crippen molar-refractivity contribution >= 4 is 5.97 Å². The zero-order chi connectivity index (χ0) is 12.9. The number of aryl methyl sites for hydroxylation is 1. The van der Waals surface area contributed by atoms with Gasteiger partial charge in [0.05, 0.1) is 7.11 Å². The van der Waals surface area contributed by atoms with Gasteiger partial charge in [0.1, 0.15) is 5.54 Å². The van der Waals surface area contributed by atoms with Crippen LogP contribution in [0.4, 0.5) is 0 Å². The van der Waals surface area contributed by atoms with Crippen molar-refractivity contribution in [1.29, 1.82) is 0 Å². The fourth-order valence-corrected chi connectivity index (χ4v) is 1.73. The second kappa shape index (κ2) is 5.82. The number of carbonyl (C=O) groups is 1. The lowest BCUT2D eigenvalue weighted by atomic mass is 9.92. The van der Waals surface area contributed by atoms with E-state index in [1.54, 1.807) is 6.92 Å². The Morgan fingerprint density at radius 1 is 1.35 bits per heavy atom. The van der Waals surface area contributed by atoms with E-state index >= 15 is 0 Å². The van der Waals surface area contributed by atoms with E-state index in [1.165, 1.54) is 25.5 Å². The Morgan fingerprint density at radius 3 is 2.41 bits per heavy atom. The first-order valence-corrected chi connectivity index (χ1v) is 5.99. The van der Waals surface area contributed by atoms with E-state index in [0.29, 0.717) is 0 Å². The molecule has 0 amide bonds. The molecule has 0 aliphatic rings. The molecule has 1 unspecified atom stereocenters. The monoisotopic (exact) mass is 235 g/mol. The number of esters is 1. The smallest absolute Gasteiger partial charge is 0.330 e. The highest BCUT2D eigenvalue weighted by molar-refractivity contribution is 5.81. The van der Waals surface area contributed by atoms with Crippen LogP contribution in [0.15, 0.2) is 24.3 Å². The molecule has 1 atom stereocenters. The van der Waals surface area contributed by atoms with Gasteiger partial charge in [-0.2, -0.15) is 0 Å². The van der Waals surface area contributed by atoms with Crippen LogP contribution in [-0.4, -0.2) is 13.1 Å². The van der Waals surface area contributed by atoms with Crippen LogP contribution in [0.5, 0.6) is 0 Å². The average molecular weight is 235 g/mol. The summed E-state index contributed by atoms with van der Waals surface area (Å²) in [6.45, 7) is 3.84. The van der Waals surface area contributed by atoms with Crippen LogP contribution in [0.25, 0.3) is 0 Å². The molecule has 0 bridgehead atoms. The molecule has 0 aromatic heterocycles. The first kappa shape index (κ1) is 13.7. The van der Waals surface area contributed by atoms with Gasteiger partial charge >= 0.3 is 5.97 Å². The summed E-state index contributed by atoms with van der Waals surface area (Å²) in [5.41, 5.74) is 6.95. The highest BCUT2D eigenvalue weighted by Crippen LogP contribution is 2.20. The predicted octanol–water partition coefficient (Wildman–Crippen LogP) is 2.38. The van der Waals surface area contributed by atoms with Gasteiger partial charge in [0.25, 0.3) is 0 Å². The zero-order valence-electron chi connectivity index (χ0n) is 10.8. The maximum absolute atomic E-state index is 11.5. The van der Waals surface area contributed by atoms with Gasteiger partial charge in [-0.3, -0.25) is 0 Å². The van der Waals surface area contributed by atoms with Crippen molar-refractivity contribution in [2.75, 3.05) is 7.11 Å². The van der Waals surface area contributed by atoms with E-state index in [1.807, 2.05) is 24.3 Å². The number of carbonyl (C=O) groups excluding carboxylic acids is 1. The minimum absolute atomic E-state index is 0.418. The highest BCUT2D eigenvalue weighted by atomic mass is 16.5. The van der Waals surface area contributed by atoms with E-state index in [-0.39, 0.29) is 0 Å². The van der Waals surface area contributed by atoms with Gasteiger partial charge in [-0.15, -0.1) is 0 Å². The summed E-state index contributed by atoms with van der Waals surface area (Å²) in [7, 11) is 1.35. The van der Waals surface area contributed by atoms with E-state index in [2.05, 4.69) is 6.92 Å². The lowest BCUT2D eigenvalue weighted by molar-refractivity contribution is -0.146. The van der Waals surface area contributed by atoms with Gasteiger partial charge in [0.2, 0.25) is 0 Å². The average Bonchev–Trinajstić information content (AvgIpc) is 2.35. The van der Waals surface area contributed by atoms with E-state index in [4.69, 9.17) is 10.5 Å². The van der Waals surface area contributed by atoms with Crippen LogP contribution in [0.1, 0.15) is 37.8 Å². The molecule has 17 heavy (non-hydrogen) atoms. The largest absolute Gasteiger partial charge is 0.467 e. The molecule has 2 N–H and O–H groups in total. The number of hydrogen-bond acceptors (Lipinski definition) is 3. The maximum atomic E-state index is 11.5. The molecule has 0 fully saturated rings. The quantitative estimate of drug-likeness (QED) is 0.797. The number of benzene rings is 1.